The summed E-state index contributed by atoms with van der Waals surface area (Å²) in [4.78, 5) is 12.3. The molecule has 0 saturated carbocycles. The summed E-state index contributed by atoms with van der Waals surface area (Å²) in [6.07, 6.45) is 0. The van der Waals surface area contributed by atoms with E-state index in [-0.39, 0.29) is 11.0 Å². The summed E-state index contributed by atoms with van der Waals surface area (Å²) in [6.45, 7) is 4.04. The van der Waals surface area contributed by atoms with Crippen LogP contribution in [0.25, 0.3) is 0 Å². The quantitative estimate of drug-likeness (QED) is 0.559. The minimum absolute atomic E-state index is 0.256. The van der Waals surface area contributed by atoms with E-state index in [9.17, 15) is 4.79 Å². The molecule has 0 aliphatic heterocycles. The molecule has 0 unspecified atom stereocenters. The van der Waals surface area contributed by atoms with E-state index in [0.717, 1.165) is 26.1 Å². The van der Waals surface area contributed by atoms with E-state index < -0.39 is 0 Å². The molecule has 2 aromatic rings. The van der Waals surface area contributed by atoms with Gasteiger partial charge in [-0.2, -0.15) is 0 Å². The minimum Gasteiger partial charge on any atom is -0.496 e. The smallest absolute Gasteiger partial charge is 0.257 e. The van der Waals surface area contributed by atoms with Crippen LogP contribution < -0.4 is 15.4 Å². The van der Waals surface area contributed by atoms with Gasteiger partial charge >= 0.3 is 0 Å². The number of ether oxygens (including phenoxy) is 1. The molecule has 0 heterocycles. The lowest BCUT2D eigenvalue weighted by Gasteiger charge is -2.13. The fourth-order valence-electron chi connectivity index (χ4n) is 2.02. The number of thiocarbonyl (C=S) groups is 1. The van der Waals surface area contributed by atoms with Gasteiger partial charge in [-0.15, -0.1) is 0 Å². The number of carbonyl (C=O) groups excluding carboxylic acids is 1. The number of carbonyl (C=O) groups is 1. The summed E-state index contributed by atoms with van der Waals surface area (Å²) in [5, 5.41) is 6.03. The topological polar surface area (TPSA) is 50.4 Å². The maximum absolute atomic E-state index is 12.3. The van der Waals surface area contributed by atoms with E-state index in [2.05, 4.69) is 33.2 Å². The van der Waals surface area contributed by atoms with Gasteiger partial charge in [0.15, 0.2) is 5.11 Å². The SMILES string of the molecule is COc1ccc(C(=O)NC(=S)Nc2cccc(C)c2C)cc1I. The minimum atomic E-state index is -0.256. The molecule has 23 heavy (non-hydrogen) atoms. The van der Waals surface area contributed by atoms with Crippen LogP contribution in [0, 0.1) is 17.4 Å². The number of rotatable bonds is 3. The molecule has 2 rings (SSSR count). The van der Waals surface area contributed by atoms with Crippen LogP contribution in [-0.4, -0.2) is 18.1 Å². The third-order valence-corrected chi connectivity index (χ3v) is 4.54. The van der Waals surface area contributed by atoms with Crippen molar-refractivity contribution in [2.75, 3.05) is 12.4 Å². The van der Waals surface area contributed by atoms with Gasteiger partial charge in [0, 0.05) is 11.3 Å². The van der Waals surface area contributed by atoms with Gasteiger partial charge < -0.3 is 10.1 Å². The van der Waals surface area contributed by atoms with Crippen molar-refractivity contribution in [1.82, 2.24) is 5.32 Å². The third-order valence-electron chi connectivity index (χ3n) is 3.49. The number of anilines is 1. The first-order chi connectivity index (χ1) is 10.9. The van der Waals surface area contributed by atoms with E-state index in [1.165, 1.54) is 0 Å². The zero-order chi connectivity index (χ0) is 17.0. The Labute approximate surface area is 154 Å². The molecule has 0 atom stereocenters. The number of nitrogens with one attached hydrogen (secondary N) is 2. The number of amides is 1. The summed E-state index contributed by atoms with van der Waals surface area (Å²) < 4.78 is 6.05. The lowest BCUT2D eigenvalue weighted by Crippen LogP contribution is -2.34. The fourth-order valence-corrected chi connectivity index (χ4v) is 2.96. The highest BCUT2D eigenvalue weighted by Gasteiger charge is 2.11. The molecule has 6 heteroatoms. The van der Waals surface area contributed by atoms with E-state index in [4.69, 9.17) is 17.0 Å². The lowest BCUT2D eigenvalue weighted by molar-refractivity contribution is 0.0977. The van der Waals surface area contributed by atoms with E-state index in [1.807, 2.05) is 32.0 Å². The molecule has 0 aliphatic rings. The lowest BCUT2D eigenvalue weighted by atomic mass is 10.1. The maximum atomic E-state index is 12.3. The Balaban J connectivity index is 2.06. The predicted octanol–water partition coefficient (Wildman–Crippen LogP) is 4.04. The second kappa shape index (κ2) is 7.74. The van der Waals surface area contributed by atoms with Crippen molar-refractivity contribution in [2.24, 2.45) is 0 Å². The first kappa shape index (κ1) is 17.7. The van der Waals surface area contributed by atoms with Crippen molar-refractivity contribution in [3.63, 3.8) is 0 Å². The van der Waals surface area contributed by atoms with Crippen molar-refractivity contribution < 1.29 is 9.53 Å². The molecule has 120 valence electrons. The van der Waals surface area contributed by atoms with Crippen LogP contribution in [0.1, 0.15) is 21.5 Å². The van der Waals surface area contributed by atoms with Gasteiger partial charge in [0.05, 0.1) is 10.7 Å². The van der Waals surface area contributed by atoms with E-state index in [1.54, 1.807) is 25.3 Å². The van der Waals surface area contributed by atoms with Crippen LogP contribution >= 0.6 is 34.8 Å². The molecule has 2 aromatic carbocycles. The van der Waals surface area contributed by atoms with Crippen molar-refractivity contribution in [3.05, 3.63) is 56.7 Å². The van der Waals surface area contributed by atoms with Crippen LogP contribution in [0.5, 0.6) is 5.75 Å². The van der Waals surface area contributed by atoms with Crippen LogP contribution in [0.3, 0.4) is 0 Å². The van der Waals surface area contributed by atoms with Crippen LogP contribution in [0.2, 0.25) is 0 Å². The zero-order valence-corrected chi connectivity index (χ0v) is 16.0. The zero-order valence-electron chi connectivity index (χ0n) is 13.1. The average molecular weight is 440 g/mol. The highest BCUT2D eigenvalue weighted by molar-refractivity contribution is 14.1. The molecule has 0 aromatic heterocycles. The summed E-state index contributed by atoms with van der Waals surface area (Å²) in [5.41, 5.74) is 3.68. The number of benzene rings is 2. The van der Waals surface area contributed by atoms with Gasteiger partial charge in [-0.3, -0.25) is 10.1 Å². The second-order valence-electron chi connectivity index (χ2n) is 5.01. The van der Waals surface area contributed by atoms with Crippen LogP contribution in [-0.2, 0) is 0 Å². The Morgan fingerprint density at radius 3 is 2.61 bits per heavy atom. The average Bonchev–Trinajstić information content (AvgIpc) is 2.51. The van der Waals surface area contributed by atoms with Gasteiger partial charge in [-0.25, -0.2) is 0 Å². The van der Waals surface area contributed by atoms with Gasteiger partial charge in [0.1, 0.15) is 5.75 Å². The summed E-state index contributed by atoms with van der Waals surface area (Å²) in [5.74, 6) is 0.478. The van der Waals surface area contributed by atoms with Crippen molar-refractivity contribution in [3.8, 4) is 5.75 Å². The molecule has 4 nitrogen and oxygen atoms in total. The first-order valence-corrected chi connectivity index (χ1v) is 8.43. The standard InChI is InChI=1S/C17H17IN2O2S/c1-10-5-4-6-14(11(10)2)19-17(23)20-16(21)12-7-8-15(22-3)13(18)9-12/h4-9H,1-3H3,(H2,19,20,21,23). The Morgan fingerprint density at radius 2 is 1.96 bits per heavy atom. The molecule has 0 bridgehead atoms. The molecule has 0 radical (unpaired) electrons. The van der Waals surface area contributed by atoms with Gasteiger partial charge in [0.2, 0.25) is 0 Å². The largest absolute Gasteiger partial charge is 0.496 e. The Bertz CT molecular complexity index is 762. The highest BCUT2D eigenvalue weighted by atomic mass is 127. The number of halogens is 1. The molecular formula is C17H17IN2O2S. The molecule has 0 saturated heterocycles. The molecule has 0 spiro atoms. The third kappa shape index (κ3) is 4.42. The number of hydrogen-bond acceptors (Lipinski definition) is 3. The predicted molar refractivity (Wildman–Crippen MR) is 105 cm³/mol. The molecule has 0 aliphatic carbocycles. The Hall–Kier alpha value is -1.67. The Kier molecular flexibility index (Phi) is 5.95. The number of methoxy groups -OCH3 is 1. The highest BCUT2D eigenvalue weighted by Crippen LogP contribution is 2.21. The summed E-state index contributed by atoms with van der Waals surface area (Å²) in [7, 11) is 1.60. The monoisotopic (exact) mass is 440 g/mol. The number of aryl methyl sites for hydroxylation is 1. The van der Waals surface area contributed by atoms with E-state index >= 15 is 0 Å². The Morgan fingerprint density at radius 1 is 1.22 bits per heavy atom. The molecule has 2 N–H and O–H groups in total. The van der Waals surface area contributed by atoms with Crippen LogP contribution in [0.4, 0.5) is 5.69 Å². The molecular weight excluding hydrogens is 423 g/mol. The van der Waals surface area contributed by atoms with Crippen molar-refractivity contribution in [2.45, 2.75) is 13.8 Å². The summed E-state index contributed by atoms with van der Waals surface area (Å²) >= 11 is 7.35. The molecule has 0 fully saturated rings. The number of hydrogen-bond donors (Lipinski definition) is 2. The fraction of sp³-hybridized carbons (Fsp3) is 0.176. The van der Waals surface area contributed by atoms with Gasteiger partial charge in [-0.1, -0.05) is 12.1 Å². The van der Waals surface area contributed by atoms with Gasteiger partial charge in [-0.05, 0) is 84.0 Å². The molecule has 1 amide bonds. The normalized spacial score (nSPS) is 10.1. The van der Waals surface area contributed by atoms with Crippen LogP contribution in [0.15, 0.2) is 36.4 Å². The summed E-state index contributed by atoms with van der Waals surface area (Å²) in [6, 6.07) is 11.1. The first-order valence-electron chi connectivity index (χ1n) is 6.94. The van der Waals surface area contributed by atoms with E-state index in [0.29, 0.717) is 5.56 Å². The van der Waals surface area contributed by atoms with Gasteiger partial charge in [0.25, 0.3) is 5.91 Å². The second-order valence-corrected chi connectivity index (χ2v) is 6.58. The van der Waals surface area contributed by atoms with Crippen molar-refractivity contribution in [1.29, 1.82) is 0 Å². The maximum Gasteiger partial charge on any atom is 0.257 e. The van der Waals surface area contributed by atoms with Crippen molar-refractivity contribution >= 4 is 51.5 Å².